The summed E-state index contributed by atoms with van der Waals surface area (Å²) >= 11 is 12.2. The fourth-order valence-corrected chi connectivity index (χ4v) is 5.03. The molecule has 2 heterocycles. The predicted octanol–water partition coefficient (Wildman–Crippen LogP) is 5.70. The van der Waals surface area contributed by atoms with E-state index in [4.69, 9.17) is 33.7 Å². The predicted molar refractivity (Wildman–Crippen MR) is 150 cm³/mol. The number of alkyl halides is 3. The Morgan fingerprint density at radius 3 is 2.50 bits per heavy atom. The smallest absolute Gasteiger partial charge is 0.424 e. The van der Waals surface area contributed by atoms with Gasteiger partial charge < -0.3 is 20.9 Å². The molecule has 44 heavy (non-hydrogen) atoms. The number of carbonyl (C=O) groups is 2. The van der Waals surface area contributed by atoms with Gasteiger partial charge in [-0.05, 0) is 50.1 Å². The van der Waals surface area contributed by atoms with Crippen molar-refractivity contribution in [3.63, 3.8) is 0 Å². The van der Waals surface area contributed by atoms with Crippen LogP contribution in [0.4, 0.5) is 22.0 Å². The van der Waals surface area contributed by atoms with E-state index in [1.54, 1.807) is 10.9 Å². The summed E-state index contributed by atoms with van der Waals surface area (Å²) in [5, 5.41) is 17.2. The molecule has 5 rings (SSSR count). The maximum Gasteiger partial charge on any atom is 0.424 e. The maximum atomic E-state index is 14.6. The van der Waals surface area contributed by atoms with Crippen molar-refractivity contribution in [2.24, 2.45) is 5.73 Å². The Morgan fingerprint density at radius 2 is 1.89 bits per heavy atom. The van der Waals surface area contributed by atoms with Gasteiger partial charge in [0, 0.05) is 22.7 Å². The number of amides is 2. The summed E-state index contributed by atoms with van der Waals surface area (Å²) in [5.74, 6) is -5.72. The number of pyridine rings is 1. The molecule has 0 unspecified atom stereocenters. The number of aromatic nitrogens is 3. The number of primary amides is 1. The van der Waals surface area contributed by atoms with E-state index in [0.717, 1.165) is 18.9 Å². The van der Waals surface area contributed by atoms with Gasteiger partial charge in [-0.25, -0.2) is 13.8 Å². The van der Waals surface area contributed by atoms with Crippen LogP contribution in [0.2, 0.25) is 10.0 Å². The Hall–Kier alpha value is -4.01. The lowest BCUT2D eigenvalue weighted by atomic mass is 9.94. The molecular weight excluding hydrogens is 636 g/mol. The highest BCUT2D eigenvalue weighted by atomic mass is 35.5. The van der Waals surface area contributed by atoms with Crippen molar-refractivity contribution in [3.8, 4) is 17.0 Å². The van der Waals surface area contributed by atoms with Gasteiger partial charge in [-0.15, -0.1) is 0 Å². The van der Waals surface area contributed by atoms with Gasteiger partial charge in [-0.3, -0.25) is 14.3 Å². The van der Waals surface area contributed by atoms with E-state index in [0.29, 0.717) is 23.0 Å². The number of hydrogen-bond acceptors (Lipinski definition) is 6. The molecule has 0 radical (unpaired) electrons. The standard InChI is InChI=1S/C28H22Cl2F5N5O4/c1-2-44-24-16(25(36)41)9-19(38-23(24)15-5-6-18(31)21(32)20(15)30)27(43,28(33,34)35)11-37-26(42)12-7-13-10-40(14-3-4-14)39-22(13)17(29)8-12/h5-10,14,43H,2-4,11H2,1H3,(H2,36,41)(H,37,42)/t27-/m0/s1. The third kappa shape index (κ3) is 5.64. The zero-order chi connectivity index (χ0) is 32.1. The van der Waals surface area contributed by atoms with Crippen molar-refractivity contribution in [2.45, 2.75) is 37.6 Å². The molecule has 16 heteroatoms. The molecule has 1 aliphatic rings. The van der Waals surface area contributed by atoms with Gasteiger partial charge in [0.1, 0.15) is 11.2 Å². The Labute approximate surface area is 255 Å². The molecule has 1 aliphatic carbocycles. The molecule has 0 bridgehead atoms. The molecule has 2 aromatic carbocycles. The molecule has 0 aliphatic heterocycles. The number of rotatable bonds is 9. The fraction of sp³-hybridized carbons (Fsp3) is 0.286. The highest BCUT2D eigenvalue weighted by Gasteiger charge is 2.57. The molecule has 0 spiro atoms. The van der Waals surface area contributed by atoms with E-state index < -0.39 is 75.1 Å². The van der Waals surface area contributed by atoms with Crippen LogP contribution in [-0.4, -0.2) is 51.0 Å². The van der Waals surface area contributed by atoms with Gasteiger partial charge in [0.25, 0.3) is 11.8 Å². The molecule has 1 atom stereocenters. The van der Waals surface area contributed by atoms with Gasteiger partial charge in [-0.2, -0.15) is 18.3 Å². The van der Waals surface area contributed by atoms with E-state index in [1.165, 1.54) is 19.1 Å². The van der Waals surface area contributed by atoms with Crippen LogP contribution >= 0.6 is 23.2 Å². The van der Waals surface area contributed by atoms with Crippen molar-refractivity contribution in [2.75, 3.05) is 13.2 Å². The van der Waals surface area contributed by atoms with Crippen LogP contribution in [0.1, 0.15) is 52.2 Å². The van der Waals surface area contributed by atoms with Crippen LogP contribution in [0, 0.1) is 11.6 Å². The quantitative estimate of drug-likeness (QED) is 0.156. The number of nitrogens with two attached hydrogens (primary N) is 1. The number of ether oxygens (including phenoxy) is 1. The molecular formula is C28H22Cl2F5N5O4. The largest absolute Gasteiger partial charge is 0.491 e. The third-order valence-electron chi connectivity index (χ3n) is 6.98. The van der Waals surface area contributed by atoms with E-state index in [1.807, 2.05) is 5.32 Å². The first kappa shape index (κ1) is 31.4. The molecule has 1 saturated carbocycles. The van der Waals surface area contributed by atoms with Crippen molar-refractivity contribution < 1.29 is 41.4 Å². The van der Waals surface area contributed by atoms with Crippen LogP contribution in [-0.2, 0) is 5.60 Å². The Morgan fingerprint density at radius 1 is 1.18 bits per heavy atom. The van der Waals surface area contributed by atoms with Crippen molar-refractivity contribution >= 4 is 45.9 Å². The maximum absolute atomic E-state index is 14.6. The molecule has 4 aromatic rings. The van der Waals surface area contributed by atoms with Crippen LogP contribution in [0.15, 0.2) is 36.5 Å². The number of nitrogens with zero attached hydrogens (tertiary/aromatic N) is 3. The van der Waals surface area contributed by atoms with Gasteiger partial charge in [-0.1, -0.05) is 23.2 Å². The van der Waals surface area contributed by atoms with Crippen LogP contribution in [0.25, 0.3) is 22.2 Å². The van der Waals surface area contributed by atoms with Crippen molar-refractivity contribution in [1.29, 1.82) is 0 Å². The lowest BCUT2D eigenvalue weighted by molar-refractivity contribution is -0.265. The second-order valence-corrected chi connectivity index (χ2v) is 10.8. The topological polar surface area (TPSA) is 132 Å². The Kier molecular flexibility index (Phi) is 8.20. The van der Waals surface area contributed by atoms with E-state index >= 15 is 0 Å². The lowest BCUT2D eigenvalue weighted by Crippen LogP contribution is -2.51. The first-order chi connectivity index (χ1) is 20.7. The normalized spacial score (nSPS) is 14.8. The lowest BCUT2D eigenvalue weighted by Gasteiger charge is -2.31. The van der Waals surface area contributed by atoms with E-state index in [2.05, 4.69) is 10.1 Å². The van der Waals surface area contributed by atoms with Gasteiger partial charge in [0.2, 0.25) is 5.60 Å². The first-order valence-electron chi connectivity index (χ1n) is 13.0. The van der Waals surface area contributed by atoms with E-state index in [9.17, 15) is 36.6 Å². The highest BCUT2D eigenvalue weighted by Crippen LogP contribution is 2.43. The van der Waals surface area contributed by atoms with Crippen molar-refractivity contribution in [3.05, 3.63) is 75.0 Å². The zero-order valence-electron chi connectivity index (χ0n) is 22.6. The highest BCUT2D eigenvalue weighted by molar-refractivity contribution is 6.35. The van der Waals surface area contributed by atoms with Gasteiger partial charge >= 0.3 is 6.18 Å². The minimum absolute atomic E-state index is 0.0884. The summed E-state index contributed by atoms with van der Waals surface area (Å²) in [6.07, 6.45) is -1.98. The average Bonchev–Trinajstić information content (AvgIpc) is 3.72. The third-order valence-corrected chi connectivity index (χ3v) is 7.64. The molecule has 4 N–H and O–H groups in total. The second kappa shape index (κ2) is 11.5. The van der Waals surface area contributed by atoms with Crippen LogP contribution in [0.3, 0.4) is 0 Å². The fourth-order valence-electron chi connectivity index (χ4n) is 4.52. The van der Waals surface area contributed by atoms with E-state index in [-0.39, 0.29) is 23.2 Å². The summed E-state index contributed by atoms with van der Waals surface area (Å²) in [6, 6.07) is 4.89. The zero-order valence-corrected chi connectivity index (χ0v) is 24.1. The minimum atomic E-state index is -5.50. The molecule has 1 fully saturated rings. The second-order valence-electron chi connectivity index (χ2n) is 10.0. The van der Waals surface area contributed by atoms with Crippen LogP contribution in [0.5, 0.6) is 5.75 Å². The number of nitrogens with one attached hydrogen (secondary N) is 1. The number of fused-ring (bicyclic) bond motifs is 1. The molecule has 2 aromatic heterocycles. The van der Waals surface area contributed by atoms with Gasteiger partial charge in [0.05, 0.1) is 40.5 Å². The molecule has 2 amide bonds. The summed E-state index contributed by atoms with van der Waals surface area (Å²) < 4.78 is 78.9. The minimum Gasteiger partial charge on any atom is -0.491 e. The summed E-state index contributed by atoms with van der Waals surface area (Å²) in [7, 11) is 0. The number of benzene rings is 2. The number of hydrogen-bond donors (Lipinski definition) is 3. The monoisotopic (exact) mass is 657 g/mol. The Balaban J connectivity index is 1.57. The molecule has 232 valence electrons. The van der Waals surface area contributed by atoms with Crippen LogP contribution < -0.4 is 15.8 Å². The summed E-state index contributed by atoms with van der Waals surface area (Å²) in [6.45, 7) is -0.171. The number of halogens is 7. The van der Waals surface area contributed by atoms with Gasteiger partial charge in [0.15, 0.2) is 17.4 Å². The average molecular weight is 658 g/mol. The SMILES string of the molecule is CCOc1c(C(N)=O)cc([C@@](O)(CNC(=O)c2cc(Cl)c3nn(C4CC4)cc3c2)C(F)(F)F)nc1-c1ccc(F)c(F)c1Cl. The number of carbonyl (C=O) groups excluding carboxylic acids is 2. The Bertz CT molecular complexity index is 1810. The summed E-state index contributed by atoms with van der Waals surface area (Å²) in [4.78, 5) is 29.2. The molecule has 0 saturated heterocycles. The first-order valence-corrected chi connectivity index (χ1v) is 13.8. The number of aliphatic hydroxyl groups is 1. The van der Waals surface area contributed by atoms with Crippen molar-refractivity contribution in [1.82, 2.24) is 20.1 Å². The molecule has 9 nitrogen and oxygen atoms in total. The summed E-state index contributed by atoms with van der Waals surface area (Å²) in [5.41, 5.74) is -1.20.